The molecule has 7 heteroatoms. The molecule has 0 aliphatic carbocycles. The van der Waals surface area contributed by atoms with Gasteiger partial charge in [0.05, 0.1) is 0 Å². The Hall–Kier alpha value is -3.71. The summed E-state index contributed by atoms with van der Waals surface area (Å²) in [4.78, 5) is 35.5. The predicted molar refractivity (Wildman–Crippen MR) is 127 cm³/mol. The molecule has 0 atom stereocenters. The van der Waals surface area contributed by atoms with Crippen molar-refractivity contribution < 1.29 is 19.1 Å². The van der Waals surface area contributed by atoms with E-state index in [1.807, 2.05) is 36.4 Å². The van der Waals surface area contributed by atoms with Crippen LogP contribution in [0.15, 0.2) is 83.3 Å². The Morgan fingerprint density at radius 3 is 2.44 bits per heavy atom. The zero-order valence-corrected chi connectivity index (χ0v) is 18.9. The van der Waals surface area contributed by atoms with Crippen LogP contribution in [0.4, 0.5) is 5.69 Å². The third-order valence-corrected chi connectivity index (χ3v) is 4.80. The summed E-state index contributed by atoms with van der Waals surface area (Å²) >= 11 is 3.40. The highest BCUT2D eigenvalue weighted by Gasteiger charge is 2.08. The lowest BCUT2D eigenvalue weighted by Crippen LogP contribution is -2.22. The molecule has 0 aromatic heterocycles. The van der Waals surface area contributed by atoms with Crippen LogP contribution < -0.4 is 15.4 Å². The minimum atomic E-state index is -0.446. The second-order valence-electron chi connectivity index (χ2n) is 6.88. The zero-order valence-electron chi connectivity index (χ0n) is 17.3. The molecule has 3 rings (SSSR count). The zero-order chi connectivity index (χ0) is 22.9. The molecule has 0 aliphatic heterocycles. The van der Waals surface area contributed by atoms with E-state index in [4.69, 9.17) is 4.74 Å². The maximum Gasteiger partial charge on any atom is 0.308 e. The number of halogens is 1. The normalized spacial score (nSPS) is 10.6. The van der Waals surface area contributed by atoms with Crippen molar-refractivity contribution in [1.29, 1.82) is 0 Å². The van der Waals surface area contributed by atoms with Crippen LogP contribution in [-0.2, 0) is 16.1 Å². The number of anilines is 1. The van der Waals surface area contributed by atoms with Crippen molar-refractivity contribution in [1.82, 2.24) is 5.32 Å². The lowest BCUT2D eigenvalue weighted by molar-refractivity contribution is -0.131. The highest BCUT2D eigenvalue weighted by molar-refractivity contribution is 9.10. The van der Waals surface area contributed by atoms with Crippen molar-refractivity contribution in [3.8, 4) is 5.75 Å². The minimum absolute atomic E-state index is 0.237. The van der Waals surface area contributed by atoms with Gasteiger partial charge in [0.2, 0.25) is 5.91 Å². The van der Waals surface area contributed by atoms with E-state index in [2.05, 4.69) is 26.6 Å². The molecule has 3 aromatic carbocycles. The molecule has 0 unspecified atom stereocenters. The maximum atomic E-state index is 12.4. The maximum absolute atomic E-state index is 12.4. The number of benzene rings is 3. The number of esters is 1. The molecule has 32 heavy (non-hydrogen) atoms. The van der Waals surface area contributed by atoms with Gasteiger partial charge >= 0.3 is 5.97 Å². The predicted octanol–water partition coefficient (Wildman–Crippen LogP) is 4.96. The highest BCUT2D eigenvalue weighted by atomic mass is 79.9. The van der Waals surface area contributed by atoms with Gasteiger partial charge in [-0.1, -0.05) is 46.3 Å². The van der Waals surface area contributed by atoms with Crippen molar-refractivity contribution >= 4 is 45.5 Å². The third kappa shape index (κ3) is 7.21. The number of rotatable bonds is 7. The molecular weight excluding hydrogens is 472 g/mol. The van der Waals surface area contributed by atoms with Gasteiger partial charge in [0, 0.05) is 35.3 Å². The van der Waals surface area contributed by atoms with Gasteiger partial charge in [0.25, 0.3) is 5.91 Å². The first kappa shape index (κ1) is 23.0. The summed E-state index contributed by atoms with van der Waals surface area (Å²) in [6.45, 7) is 1.62. The van der Waals surface area contributed by atoms with Crippen molar-refractivity contribution in [2.45, 2.75) is 13.5 Å². The van der Waals surface area contributed by atoms with Gasteiger partial charge in [-0.2, -0.15) is 0 Å². The molecule has 0 spiro atoms. The van der Waals surface area contributed by atoms with Crippen LogP contribution in [0.3, 0.4) is 0 Å². The highest BCUT2D eigenvalue weighted by Crippen LogP contribution is 2.15. The van der Waals surface area contributed by atoms with Crippen LogP contribution >= 0.6 is 15.9 Å². The smallest absolute Gasteiger partial charge is 0.308 e. The van der Waals surface area contributed by atoms with Crippen LogP contribution in [0.5, 0.6) is 5.75 Å². The molecule has 0 aliphatic rings. The van der Waals surface area contributed by atoms with Gasteiger partial charge < -0.3 is 15.4 Å². The number of hydrogen-bond donors (Lipinski definition) is 2. The molecule has 0 bridgehead atoms. The molecule has 2 amide bonds. The molecule has 0 heterocycles. The Kier molecular flexibility index (Phi) is 7.94. The average molecular weight is 493 g/mol. The number of amides is 2. The number of carbonyl (C=O) groups is 3. The first-order valence-electron chi connectivity index (χ1n) is 9.79. The Labute approximate surface area is 194 Å². The second kappa shape index (κ2) is 11.1. The van der Waals surface area contributed by atoms with Crippen molar-refractivity contribution in [2.75, 3.05) is 5.32 Å². The number of ether oxygens (including phenoxy) is 1. The summed E-state index contributed by atoms with van der Waals surface area (Å²) in [7, 11) is 0. The van der Waals surface area contributed by atoms with Crippen molar-refractivity contribution in [3.05, 3.63) is 100 Å². The molecule has 0 radical (unpaired) electrons. The monoisotopic (exact) mass is 492 g/mol. The van der Waals surface area contributed by atoms with E-state index >= 15 is 0 Å². The van der Waals surface area contributed by atoms with E-state index in [9.17, 15) is 14.4 Å². The number of carbonyl (C=O) groups excluding carboxylic acids is 3. The Morgan fingerprint density at radius 2 is 1.72 bits per heavy atom. The molecule has 0 saturated carbocycles. The molecule has 3 aromatic rings. The molecule has 162 valence electrons. The molecule has 6 nitrogen and oxygen atoms in total. The summed E-state index contributed by atoms with van der Waals surface area (Å²) < 4.78 is 5.94. The van der Waals surface area contributed by atoms with Gasteiger partial charge in [-0.05, 0) is 59.7 Å². The fourth-order valence-electron chi connectivity index (χ4n) is 2.82. The largest absolute Gasteiger partial charge is 0.427 e. The molecule has 0 saturated heterocycles. The summed E-state index contributed by atoms with van der Waals surface area (Å²) in [5.41, 5.74) is 2.83. The van der Waals surface area contributed by atoms with E-state index in [1.54, 1.807) is 36.4 Å². The van der Waals surface area contributed by atoms with E-state index in [1.165, 1.54) is 19.1 Å². The van der Waals surface area contributed by atoms with Gasteiger partial charge in [-0.15, -0.1) is 0 Å². The van der Waals surface area contributed by atoms with E-state index in [0.717, 1.165) is 15.6 Å². The summed E-state index contributed by atoms with van der Waals surface area (Å²) in [5, 5.41) is 5.62. The summed E-state index contributed by atoms with van der Waals surface area (Å²) in [6.07, 6.45) is 3.21. The van der Waals surface area contributed by atoms with Crippen LogP contribution in [0, 0.1) is 0 Å². The lowest BCUT2D eigenvalue weighted by atomic mass is 10.1. The molecule has 0 fully saturated rings. The fourth-order valence-corrected chi connectivity index (χ4v) is 3.24. The Morgan fingerprint density at radius 1 is 0.969 bits per heavy atom. The van der Waals surface area contributed by atoms with Gasteiger partial charge in [-0.25, -0.2) is 0 Å². The average Bonchev–Trinajstić information content (AvgIpc) is 2.77. The first-order valence-corrected chi connectivity index (χ1v) is 10.6. The Bertz CT molecular complexity index is 1160. The molecule has 2 N–H and O–H groups in total. The van der Waals surface area contributed by atoms with Gasteiger partial charge in [0.1, 0.15) is 5.75 Å². The summed E-state index contributed by atoms with van der Waals surface area (Å²) in [5.74, 6) is -0.648. The topological polar surface area (TPSA) is 84.5 Å². The summed E-state index contributed by atoms with van der Waals surface area (Å²) in [6, 6.07) is 21.2. The van der Waals surface area contributed by atoms with Crippen LogP contribution in [0.25, 0.3) is 6.08 Å². The van der Waals surface area contributed by atoms with E-state index < -0.39 is 5.97 Å². The quantitative estimate of drug-likeness (QED) is 0.277. The van der Waals surface area contributed by atoms with Crippen molar-refractivity contribution in [3.63, 3.8) is 0 Å². The number of hydrogen-bond acceptors (Lipinski definition) is 4. The standard InChI is InChI=1S/C25H21BrN2O4/c1-17(29)32-23-7-3-5-20(15-23)25(31)27-16-19-8-11-22(12-9-19)28-24(30)13-10-18-4-2-6-21(26)14-18/h2-15H,16H2,1H3,(H,27,31)(H,28,30)/b13-10+. The van der Waals surface area contributed by atoms with Gasteiger partial charge in [0.15, 0.2) is 0 Å². The Balaban J connectivity index is 1.51. The molecular formula is C25H21BrN2O4. The van der Waals surface area contributed by atoms with Crippen LogP contribution in [0.1, 0.15) is 28.4 Å². The minimum Gasteiger partial charge on any atom is -0.427 e. The van der Waals surface area contributed by atoms with Crippen LogP contribution in [0.2, 0.25) is 0 Å². The number of nitrogens with one attached hydrogen (secondary N) is 2. The third-order valence-electron chi connectivity index (χ3n) is 4.31. The van der Waals surface area contributed by atoms with Crippen LogP contribution in [-0.4, -0.2) is 17.8 Å². The fraction of sp³-hybridized carbons (Fsp3) is 0.0800. The lowest BCUT2D eigenvalue weighted by Gasteiger charge is -2.08. The van der Waals surface area contributed by atoms with Gasteiger partial charge in [-0.3, -0.25) is 14.4 Å². The van der Waals surface area contributed by atoms with E-state index in [0.29, 0.717) is 23.5 Å². The second-order valence-corrected chi connectivity index (χ2v) is 7.79. The van der Waals surface area contributed by atoms with Crippen molar-refractivity contribution in [2.24, 2.45) is 0 Å². The van der Waals surface area contributed by atoms with E-state index in [-0.39, 0.29) is 11.8 Å². The SMILES string of the molecule is CC(=O)Oc1cccc(C(=O)NCc2ccc(NC(=O)/C=C/c3cccc(Br)c3)cc2)c1. The first-order chi connectivity index (χ1) is 15.4.